The summed E-state index contributed by atoms with van der Waals surface area (Å²) in [5.74, 6) is 1.87. The van der Waals surface area contributed by atoms with Crippen LogP contribution in [0, 0.1) is 5.92 Å². The topological polar surface area (TPSA) is 24.5 Å². The molecular formula is C22H36N2O. The molecule has 1 fully saturated rings. The van der Waals surface area contributed by atoms with Gasteiger partial charge in [-0.2, -0.15) is 0 Å². The number of nitrogens with one attached hydrogen (secondary N) is 1. The minimum Gasteiger partial charge on any atom is -0.494 e. The molecule has 1 aromatic carbocycles. The highest BCUT2D eigenvalue weighted by Crippen LogP contribution is 2.31. The van der Waals surface area contributed by atoms with Gasteiger partial charge in [0.15, 0.2) is 0 Å². The van der Waals surface area contributed by atoms with Crippen molar-refractivity contribution in [2.75, 3.05) is 32.8 Å². The third-order valence-corrected chi connectivity index (χ3v) is 5.64. The second-order valence-corrected chi connectivity index (χ2v) is 8.21. The van der Waals surface area contributed by atoms with Crippen molar-refractivity contribution < 1.29 is 4.74 Å². The first-order valence-electron chi connectivity index (χ1n) is 10.4. The molecule has 1 aliphatic carbocycles. The van der Waals surface area contributed by atoms with Crippen LogP contribution in [0.1, 0.15) is 57.1 Å². The average Bonchev–Trinajstić information content (AvgIpc) is 3.01. The summed E-state index contributed by atoms with van der Waals surface area (Å²) in [5.41, 5.74) is 3.05. The summed E-state index contributed by atoms with van der Waals surface area (Å²) in [4.78, 5) is 2.59. The Kier molecular flexibility index (Phi) is 7.18. The first kappa shape index (κ1) is 18.7. The van der Waals surface area contributed by atoms with Gasteiger partial charge in [-0.25, -0.2) is 0 Å². The average molecular weight is 345 g/mol. The number of ether oxygens (including phenoxy) is 1. The van der Waals surface area contributed by atoms with E-state index in [1.807, 2.05) is 0 Å². The summed E-state index contributed by atoms with van der Waals surface area (Å²) in [5, 5.41) is 3.54. The van der Waals surface area contributed by atoms with E-state index in [9.17, 15) is 0 Å². The van der Waals surface area contributed by atoms with Crippen LogP contribution in [-0.2, 0) is 12.8 Å². The van der Waals surface area contributed by atoms with Crippen LogP contribution in [0.4, 0.5) is 0 Å². The highest BCUT2D eigenvalue weighted by Gasteiger charge is 2.21. The molecule has 1 saturated heterocycles. The van der Waals surface area contributed by atoms with Crippen molar-refractivity contribution in [3.63, 3.8) is 0 Å². The predicted molar refractivity (Wildman–Crippen MR) is 105 cm³/mol. The van der Waals surface area contributed by atoms with E-state index >= 15 is 0 Å². The molecule has 1 aliphatic heterocycles. The number of piperidine rings is 1. The van der Waals surface area contributed by atoms with Crippen LogP contribution < -0.4 is 10.1 Å². The molecule has 140 valence electrons. The molecule has 2 aliphatic rings. The van der Waals surface area contributed by atoms with E-state index in [0.29, 0.717) is 6.04 Å². The molecule has 3 rings (SSSR count). The summed E-state index contributed by atoms with van der Waals surface area (Å²) in [6, 6.07) is 7.36. The van der Waals surface area contributed by atoms with Crippen LogP contribution in [0.25, 0.3) is 0 Å². The molecule has 25 heavy (non-hydrogen) atoms. The fraction of sp³-hybridized carbons (Fsp3) is 0.727. The Morgan fingerprint density at radius 1 is 1.12 bits per heavy atom. The van der Waals surface area contributed by atoms with Crippen LogP contribution in [0.5, 0.6) is 5.75 Å². The number of benzene rings is 1. The number of likely N-dealkylation sites (tertiary alicyclic amines) is 1. The highest BCUT2D eigenvalue weighted by atomic mass is 16.5. The van der Waals surface area contributed by atoms with E-state index in [4.69, 9.17) is 4.74 Å². The minimum absolute atomic E-state index is 0.591. The summed E-state index contributed by atoms with van der Waals surface area (Å²) < 4.78 is 6.03. The van der Waals surface area contributed by atoms with Gasteiger partial charge >= 0.3 is 0 Å². The SMILES string of the molecule is CC(C)NCCC1Cc2ccc(OCCCN3CCCCC3)cc2C1. The Balaban J connectivity index is 1.37. The lowest BCUT2D eigenvalue weighted by Gasteiger charge is -2.26. The lowest BCUT2D eigenvalue weighted by molar-refractivity contribution is 0.205. The highest BCUT2D eigenvalue weighted by molar-refractivity contribution is 5.39. The summed E-state index contributed by atoms with van der Waals surface area (Å²) in [7, 11) is 0. The van der Waals surface area contributed by atoms with E-state index in [2.05, 4.69) is 42.3 Å². The second-order valence-electron chi connectivity index (χ2n) is 8.21. The normalized spacial score (nSPS) is 20.8. The largest absolute Gasteiger partial charge is 0.494 e. The Morgan fingerprint density at radius 3 is 2.72 bits per heavy atom. The van der Waals surface area contributed by atoms with Crippen molar-refractivity contribution >= 4 is 0 Å². The summed E-state index contributed by atoms with van der Waals surface area (Å²) in [6.45, 7) is 10.2. The van der Waals surface area contributed by atoms with Gasteiger partial charge in [-0.1, -0.05) is 26.3 Å². The zero-order valence-electron chi connectivity index (χ0n) is 16.2. The van der Waals surface area contributed by atoms with Crippen LogP contribution in [0.15, 0.2) is 18.2 Å². The molecule has 0 spiro atoms. The fourth-order valence-corrected chi connectivity index (χ4v) is 4.22. The molecule has 0 saturated carbocycles. The van der Waals surface area contributed by atoms with Crippen molar-refractivity contribution in [3.05, 3.63) is 29.3 Å². The van der Waals surface area contributed by atoms with Crippen LogP contribution in [0.3, 0.4) is 0 Å². The third kappa shape index (κ3) is 6.00. The number of hydrogen-bond acceptors (Lipinski definition) is 3. The van der Waals surface area contributed by atoms with E-state index in [1.165, 1.54) is 69.3 Å². The van der Waals surface area contributed by atoms with Crippen LogP contribution >= 0.6 is 0 Å². The predicted octanol–water partition coefficient (Wildman–Crippen LogP) is 4.04. The lowest BCUT2D eigenvalue weighted by atomic mass is 10.0. The number of nitrogens with zero attached hydrogens (tertiary/aromatic N) is 1. The van der Waals surface area contributed by atoms with Crippen molar-refractivity contribution in [3.8, 4) is 5.75 Å². The van der Waals surface area contributed by atoms with Crippen molar-refractivity contribution in [2.24, 2.45) is 5.92 Å². The van der Waals surface area contributed by atoms with Crippen LogP contribution in [0.2, 0.25) is 0 Å². The monoisotopic (exact) mass is 344 g/mol. The van der Waals surface area contributed by atoms with Gasteiger partial charge in [0.05, 0.1) is 6.61 Å². The maximum absolute atomic E-state index is 6.03. The number of hydrogen-bond donors (Lipinski definition) is 1. The summed E-state index contributed by atoms with van der Waals surface area (Å²) >= 11 is 0. The van der Waals surface area contributed by atoms with E-state index < -0.39 is 0 Å². The van der Waals surface area contributed by atoms with Gasteiger partial charge in [0.1, 0.15) is 5.75 Å². The van der Waals surface area contributed by atoms with E-state index in [0.717, 1.165) is 31.2 Å². The Morgan fingerprint density at radius 2 is 1.92 bits per heavy atom. The Bertz CT molecular complexity index is 523. The maximum Gasteiger partial charge on any atom is 0.119 e. The maximum atomic E-state index is 6.03. The molecule has 0 aromatic heterocycles. The van der Waals surface area contributed by atoms with Crippen molar-refractivity contribution in [1.29, 1.82) is 0 Å². The zero-order chi connectivity index (χ0) is 17.5. The fourth-order valence-electron chi connectivity index (χ4n) is 4.22. The zero-order valence-corrected chi connectivity index (χ0v) is 16.2. The van der Waals surface area contributed by atoms with Crippen molar-refractivity contribution in [2.45, 2.75) is 64.8 Å². The molecule has 0 radical (unpaired) electrons. The Labute approximate surface area is 154 Å². The van der Waals surface area contributed by atoms with Gasteiger partial charge in [0, 0.05) is 12.6 Å². The van der Waals surface area contributed by atoms with Gasteiger partial charge in [-0.05, 0) is 87.3 Å². The molecule has 1 heterocycles. The Hall–Kier alpha value is -1.06. The van der Waals surface area contributed by atoms with Gasteiger partial charge < -0.3 is 15.0 Å². The molecular weight excluding hydrogens is 308 g/mol. The lowest BCUT2D eigenvalue weighted by Crippen LogP contribution is -2.31. The van der Waals surface area contributed by atoms with Crippen LogP contribution in [-0.4, -0.2) is 43.7 Å². The second kappa shape index (κ2) is 9.59. The van der Waals surface area contributed by atoms with Gasteiger partial charge in [0.2, 0.25) is 0 Å². The van der Waals surface area contributed by atoms with E-state index in [1.54, 1.807) is 0 Å². The van der Waals surface area contributed by atoms with Gasteiger partial charge in [0.25, 0.3) is 0 Å². The quantitative estimate of drug-likeness (QED) is 0.684. The standard InChI is InChI=1S/C22H36N2O/c1-18(2)23-10-9-19-15-20-7-8-22(17-21(20)16-19)25-14-6-13-24-11-4-3-5-12-24/h7-8,17-19,23H,3-6,9-16H2,1-2H3. The first-order valence-corrected chi connectivity index (χ1v) is 10.4. The minimum atomic E-state index is 0.591. The van der Waals surface area contributed by atoms with Gasteiger partial charge in [-0.3, -0.25) is 0 Å². The number of fused-ring (bicyclic) bond motifs is 1. The molecule has 1 unspecified atom stereocenters. The molecule has 1 aromatic rings. The summed E-state index contributed by atoms with van der Waals surface area (Å²) in [6.07, 6.45) is 9.04. The first-order chi connectivity index (χ1) is 12.2. The smallest absolute Gasteiger partial charge is 0.119 e. The third-order valence-electron chi connectivity index (χ3n) is 5.64. The molecule has 1 N–H and O–H groups in total. The number of rotatable bonds is 9. The molecule has 0 amide bonds. The molecule has 0 bridgehead atoms. The molecule has 3 nitrogen and oxygen atoms in total. The van der Waals surface area contributed by atoms with Gasteiger partial charge in [-0.15, -0.1) is 0 Å². The molecule has 3 heteroatoms. The molecule has 1 atom stereocenters. The van der Waals surface area contributed by atoms with E-state index in [-0.39, 0.29) is 0 Å². The van der Waals surface area contributed by atoms with Crippen molar-refractivity contribution in [1.82, 2.24) is 10.2 Å².